The number of anilines is 1. The summed E-state index contributed by atoms with van der Waals surface area (Å²) >= 11 is 0. The van der Waals surface area contributed by atoms with E-state index < -0.39 is 5.41 Å². The van der Waals surface area contributed by atoms with Gasteiger partial charge in [-0.15, -0.1) is 0 Å². The Labute approximate surface area is 148 Å². The minimum atomic E-state index is -0.916. The van der Waals surface area contributed by atoms with Crippen LogP contribution in [0.15, 0.2) is 42.5 Å². The van der Waals surface area contributed by atoms with Crippen LogP contribution in [0.1, 0.15) is 35.1 Å². The lowest BCUT2D eigenvalue weighted by atomic mass is 10.0. The number of nitrogens with one attached hydrogen (secondary N) is 2. The smallest absolute Gasteiger partial charge is 0.240 e. The summed E-state index contributed by atoms with van der Waals surface area (Å²) in [5.74, 6) is -0.390. The molecule has 0 saturated heterocycles. The molecule has 130 valence electrons. The maximum Gasteiger partial charge on any atom is 0.240 e. The number of amides is 2. The Kier molecular flexibility index (Phi) is 4.62. The van der Waals surface area contributed by atoms with Gasteiger partial charge in [-0.1, -0.05) is 42.0 Å². The van der Waals surface area contributed by atoms with Gasteiger partial charge in [0, 0.05) is 12.2 Å². The van der Waals surface area contributed by atoms with E-state index in [1.165, 1.54) is 5.56 Å². The second kappa shape index (κ2) is 6.71. The van der Waals surface area contributed by atoms with Gasteiger partial charge in [0.25, 0.3) is 0 Å². The van der Waals surface area contributed by atoms with Gasteiger partial charge in [0.05, 0.1) is 0 Å². The fourth-order valence-electron chi connectivity index (χ4n) is 2.85. The van der Waals surface area contributed by atoms with Crippen LogP contribution in [0.25, 0.3) is 0 Å². The summed E-state index contributed by atoms with van der Waals surface area (Å²) in [6.45, 7) is 6.40. The average molecular weight is 336 g/mol. The van der Waals surface area contributed by atoms with Crippen molar-refractivity contribution < 1.29 is 9.59 Å². The minimum Gasteiger partial charge on any atom is -0.351 e. The standard InChI is InChI=1S/C21H24N2O2/c1-14-5-8-17(9-6-14)13-22-19(24)21(10-11-21)20(25)23-18-12-15(2)4-7-16(18)3/h4-9,12H,10-11,13H2,1-3H3,(H,22,24)(H,23,25). The van der Waals surface area contributed by atoms with E-state index in [0.29, 0.717) is 19.4 Å². The van der Waals surface area contributed by atoms with E-state index in [-0.39, 0.29) is 11.8 Å². The Hall–Kier alpha value is -2.62. The van der Waals surface area contributed by atoms with Crippen LogP contribution >= 0.6 is 0 Å². The van der Waals surface area contributed by atoms with Crippen LogP contribution in [-0.4, -0.2) is 11.8 Å². The Morgan fingerprint density at radius 1 is 0.920 bits per heavy atom. The summed E-state index contributed by atoms with van der Waals surface area (Å²) in [6.07, 6.45) is 1.20. The summed E-state index contributed by atoms with van der Waals surface area (Å²) in [5, 5.41) is 5.85. The van der Waals surface area contributed by atoms with Gasteiger partial charge in [-0.25, -0.2) is 0 Å². The summed E-state index contributed by atoms with van der Waals surface area (Å²) < 4.78 is 0. The predicted octanol–water partition coefficient (Wildman–Crippen LogP) is 3.65. The van der Waals surface area contributed by atoms with Crippen LogP contribution < -0.4 is 10.6 Å². The first-order valence-electron chi connectivity index (χ1n) is 8.63. The number of rotatable bonds is 5. The molecule has 25 heavy (non-hydrogen) atoms. The number of benzene rings is 2. The van der Waals surface area contributed by atoms with Crippen molar-refractivity contribution in [3.8, 4) is 0 Å². The zero-order chi connectivity index (χ0) is 18.0. The number of carbonyl (C=O) groups is 2. The lowest BCUT2D eigenvalue weighted by Gasteiger charge is -2.17. The fraction of sp³-hybridized carbons (Fsp3) is 0.333. The first-order chi connectivity index (χ1) is 11.9. The van der Waals surface area contributed by atoms with E-state index in [2.05, 4.69) is 10.6 Å². The van der Waals surface area contributed by atoms with Crippen LogP contribution in [0.2, 0.25) is 0 Å². The van der Waals surface area contributed by atoms with Gasteiger partial charge < -0.3 is 10.6 Å². The number of aryl methyl sites for hydroxylation is 3. The van der Waals surface area contributed by atoms with Gasteiger partial charge in [-0.05, 0) is 56.4 Å². The van der Waals surface area contributed by atoms with Crippen molar-refractivity contribution >= 4 is 17.5 Å². The van der Waals surface area contributed by atoms with Crippen molar-refractivity contribution in [1.82, 2.24) is 5.32 Å². The second-order valence-electron chi connectivity index (χ2n) is 7.02. The normalized spacial score (nSPS) is 14.7. The molecule has 0 radical (unpaired) electrons. The van der Waals surface area contributed by atoms with Gasteiger partial charge in [-0.2, -0.15) is 0 Å². The zero-order valence-electron chi connectivity index (χ0n) is 15.0. The van der Waals surface area contributed by atoms with Crippen LogP contribution in [0.5, 0.6) is 0 Å². The van der Waals surface area contributed by atoms with E-state index in [4.69, 9.17) is 0 Å². The first kappa shape index (κ1) is 17.2. The molecule has 1 aliphatic carbocycles. The lowest BCUT2D eigenvalue weighted by Crippen LogP contribution is -2.39. The van der Waals surface area contributed by atoms with Crippen molar-refractivity contribution in [1.29, 1.82) is 0 Å². The Morgan fingerprint density at radius 2 is 1.56 bits per heavy atom. The molecule has 0 heterocycles. The number of carbonyl (C=O) groups excluding carboxylic acids is 2. The van der Waals surface area contributed by atoms with Crippen LogP contribution in [-0.2, 0) is 16.1 Å². The summed E-state index contributed by atoms with van der Waals surface area (Å²) in [4.78, 5) is 25.3. The van der Waals surface area contributed by atoms with Crippen molar-refractivity contribution in [2.75, 3.05) is 5.32 Å². The fourth-order valence-corrected chi connectivity index (χ4v) is 2.85. The molecule has 0 bridgehead atoms. The Morgan fingerprint density at radius 3 is 2.20 bits per heavy atom. The molecule has 4 heteroatoms. The molecule has 0 atom stereocenters. The summed E-state index contributed by atoms with van der Waals surface area (Å²) in [7, 11) is 0. The molecule has 4 nitrogen and oxygen atoms in total. The highest BCUT2D eigenvalue weighted by molar-refractivity contribution is 6.13. The topological polar surface area (TPSA) is 58.2 Å². The molecule has 2 N–H and O–H groups in total. The molecule has 2 aromatic carbocycles. The SMILES string of the molecule is Cc1ccc(CNC(=O)C2(C(=O)Nc3cc(C)ccc3C)CC2)cc1. The summed E-state index contributed by atoms with van der Waals surface area (Å²) in [5.41, 5.74) is 4.15. The van der Waals surface area contributed by atoms with Gasteiger partial charge in [0.1, 0.15) is 5.41 Å². The largest absolute Gasteiger partial charge is 0.351 e. The Bertz CT molecular complexity index is 805. The van der Waals surface area contributed by atoms with Gasteiger partial charge in [-0.3, -0.25) is 9.59 Å². The van der Waals surface area contributed by atoms with Crippen LogP contribution in [0, 0.1) is 26.2 Å². The van der Waals surface area contributed by atoms with E-state index in [1.807, 2.05) is 63.2 Å². The van der Waals surface area contributed by atoms with E-state index in [1.54, 1.807) is 0 Å². The average Bonchev–Trinajstić information content (AvgIpc) is 3.39. The molecule has 2 amide bonds. The first-order valence-corrected chi connectivity index (χ1v) is 8.63. The van der Waals surface area contributed by atoms with Crippen molar-refractivity contribution in [3.05, 3.63) is 64.7 Å². The maximum atomic E-state index is 12.7. The maximum absolute atomic E-state index is 12.7. The molecule has 1 saturated carbocycles. The van der Waals surface area contributed by atoms with Gasteiger partial charge in [0.2, 0.25) is 11.8 Å². The molecule has 3 rings (SSSR count). The predicted molar refractivity (Wildman–Crippen MR) is 99.2 cm³/mol. The quantitative estimate of drug-likeness (QED) is 0.819. The van der Waals surface area contributed by atoms with Crippen LogP contribution in [0.4, 0.5) is 5.69 Å². The zero-order valence-corrected chi connectivity index (χ0v) is 15.0. The third-order valence-electron chi connectivity index (χ3n) is 4.83. The minimum absolute atomic E-state index is 0.184. The monoisotopic (exact) mass is 336 g/mol. The van der Waals surface area contributed by atoms with Crippen molar-refractivity contribution in [2.24, 2.45) is 5.41 Å². The third-order valence-corrected chi connectivity index (χ3v) is 4.83. The molecule has 0 aliphatic heterocycles. The highest BCUT2D eigenvalue weighted by atomic mass is 16.2. The number of hydrogen-bond acceptors (Lipinski definition) is 2. The van der Waals surface area contributed by atoms with Crippen molar-refractivity contribution in [3.63, 3.8) is 0 Å². The van der Waals surface area contributed by atoms with Crippen LogP contribution in [0.3, 0.4) is 0 Å². The highest BCUT2D eigenvalue weighted by Gasteiger charge is 2.56. The molecule has 0 aromatic heterocycles. The van der Waals surface area contributed by atoms with Gasteiger partial charge >= 0.3 is 0 Å². The van der Waals surface area contributed by atoms with E-state index >= 15 is 0 Å². The number of hydrogen-bond donors (Lipinski definition) is 2. The van der Waals surface area contributed by atoms with E-state index in [0.717, 1.165) is 22.4 Å². The highest BCUT2D eigenvalue weighted by Crippen LogP contribution is 2.47. The Balaban J connectivity index is 1.64. The molecular formula is C21H24N2O2. The van der Waals surface area contributed by atoms with Gasteiger partial charge in [0.15, 0.2) is 0 Å². The molecule has 1 aliphatic rings. The molecule has 1 fully saturated rings. The molecule has 2 aromatic rings. The summed E-state index contributed by atoms with van der Waals surface area (Å²) in [6, 6.07) is 13.9. The molecule has 0 unspecified atom stereocenters. The van der Waals surface area contributed by atoms with Crippen molar-refractivity contribution in [2.45, 2.75) is 40.2 Å². The second-order valence-corrected chi connectivity index (χ2v) is 7.02. The third kappa shape index (κ3) is 3.73. The molecular weight excluding hydrogens is 312 g/mol. The van der Waals surface area contributed by atoms with E-state index in [9.17, 15) is 9.59 Å². The molecule has 0 spiro atoms. The lowest BCUT2D eigenvalue weighted by molar-refractivity contribution is -0.134.